The van der Waals surface area contributed by atoms with Crippen molar-refractivity contribution >= 4 is 22.8 Å². The molecule has 0 aromatic carbocycles. The summed E-state index contributed by atoms with van der Waals surface area (Å²) in [5.41, 5.74) is 0.781. The number of nitrogens with one attached hydrogen (secondary N) is 2. The molecule has 19 heavy (non-hydrogen) atoms. The number of hydrogen-bond donors (Lipinski definition) is 2. The number of hydrogen-bond acceptors (Lipinski definition) is 5. The SMILES string of the molecule is CCNc1nc(N(CC)CC(C)C)c2cn[nH]c2n1. The molecule has 2 aromatic rings. The zero-order valence-electron chi connectivity index (χ0n) is 12.1. The molecule has 0 radical (unpaired) electrons. The molecule has 6 nitrogen and oxygen atoms in total. The number of aromatic amines is 1. The van der Waals surface area contributed by atoms with Gasteiger partial charge in [-0.1, -0.05) is 13.8 Å². The fraction of sp³-hybridized carbons (Fsp3) is 0.615. The lowest BCUT2D eigenvalue weighted by Gasteiger charge is -2.24. The van der Waals surface area contributed by atoms with Gasteiger partial charge in [0.1, 0.15) is 5.82 Å². The Morgan fingerprint density at radius 1 is 1.32 bits per heavy atom. The van der Waals surface area contributed by atoms with Crippen molar-refractivity contribution in [2.75, 3.05) is 29.9 Å². The van der Waals surface area contributed by atoms with Crippen LogP contribution in [0.15, 0.2) is 6.20 Å². The van der Waals surface area contributed by atoms with Gasteiger partial charge in [0.15, 0.2) is 5.65 Å². The maximum Gasteiger partial charge on any atom is 0.226 e. The van der Waals surface area contributed by atoms with Crippen LogP contribution in [0, 0.1) is 5.92 Å². The summed E-state index contributed by atoms with van der Waals surface area (Å²) in [6.07, 6.45) is 1.80. The van der Waals surface area contributed by atoms with Gasteiger partial charge in [-0.05, 0) is 19.8 Å². The van der Waals surface area contributed by atoms with Gasteiger partial charge >= 0.3 is 0 Å². The van der Waals surface area contributed by atoms with Gasteiger partial charge in [-0.15, -0.1) is 0 Å². The molecular formula is C13H22N6. The zero-order chi connectivity index (χ0) is 13.8. The number of anilines is 2. The summed E-state index contributed by atoms with van der Waals surface area (Å²) in [5.74, 6) is 2.18. The normalized spacial score (nSPS) is 11.2. The summed E-state index contributed by atoms with van der Waals surface area (Å²) in [7, 11) is 0. The van der Waals surface area contributed by atoms with Gasteiger partial charge in [-0.25, -0.2) is 0 Å². The minimum atomic E-state index is 0.583. The Morgan fingerprint density at radius 2 is 2.11 bits per heavy atom. The predicted molar refractivity (Wildman–Crippen MR) is 78.6 cm³/mol. The first-order valence-electron chi connectivity index (χ1n) is 6.85. The molecular weight excluding hydrogens is 240 g/mol. The third-order valence-electron chi connectivity index (χ3n) is 2.89. The Labute approximate surface area is 113 Å². The van der Waals surface area contributed by atoms with Crippen molar-refractivity contribution in [1.29, 1.82) is 0 Å². The van der Waals surface area contributed by atoms with Crippen LogP contribution in [0.1, 0.15) is 27.7 Å². The summed E-state index contributed by atoms with van der Waals surface area (Å²) < 4.78 is 0. The molecule has 2 rings (SSSR count). The molecule has 0 saturated heterocycles. The Hall–Kier alpha value is -1.85. The summed E-state index contributed by atoms with van der Waals surface area (Å²) in [6, 6.07) is 0. The molecule has 2 heterocycles. The highest BCUT2D eigenvalue weighted by atomic mass is 15.3. The maximum absolute atomic E-state index is 4.63. The molecule has 0 amide bonds. The van der Waals surface area contributed by atoms with E-state index in [-0.39, 0.29) is 0 Å². The van der Waals surface area contributed by atoms with Gasteiger partial charge in [0.2, 0.25) is 5.95 Å². The van der Waals surface area contributed by atoms with E-state index in [0.29, 0.717) is 11.9 Å². The number of H-pyrrole nitrogens is 1. The topological polar surface area (TPSA) is 69.7 Å². The van der Waals surface area contributed by atoms with Crippen molar-refractivity contribution in [1.82, 2.24) is 20.2 Å². The monoisotopic (exact) mass is 262 g/mol. The number of rotatable bonds is 6. The van der Waals surface area contributed by atoms with Gasteiger partial charge < -0.3 is 10.2 Å². The van der Waals surface area contributed by atoms with Crippen molar-refractivity contribution < 1.29 is 0 Å². The molecule has 104 valence electrons. The van der Waals surface area contributed by atoms with Crippen LogP contribution in [-0.4, -0.2) is 39.8 Å². The lowest BCUT2D eigenvalue weighted by Crippen LogP contribution is -2.28. The van der Waals surface area contributed by atoms with E-state index in [0.717, 1.165) is 36.5 Å². The first-order valence-corrected chi connectivity index (χ1v) is 6.85. The van der Waals surface area contributed by atoms with E-state index in [1.54, 1.807) is 6.20 Å². The molecule has 0 atom stereocenters. The van der Waals surface area contributed by atoms with Crippen LogP contribution in [0.3, 0.4) is 0 Å². The van der Waals surface area contributed by atoms with Crippen LogP contribution < -0.4 is 10.2 Å². The average molecular weight is 262 g/mol. The Morgan fingerprint density at radius 3 is 2.74 bits per heavy atom. The van der Waals surface area contributed by atoms with E-state index in [4.69, 9.17) is 0 Å². The van der Waals surface area contributed by atoms with E-state index in [1.807, 2.05) is 6.92 Å². The highest BCUT2D eigenvalue weighted by Gasteiger charge is 2.15. The van der Waals surface area contributed by atoms with Gasteiger partial charge in [0, 0.05) is 19.6 Å². The second kappa shape index (κ2) is 5.86. The maximum atomic E-state index is 4.63. The first kappa shape index (κ1) is 13.6. The van der Waals surface area contributed by atoms with Crippen molar-refractivity contribution in [2.45, 2.75) is 27.7 Å². The highest BCUT2D eigenvalue weighted by Crippen LogP contribution is 2.24. The summed E-state index contributed by atoms with van der Waals surface area (Å²) in [6.45, 7) is 11.3. The molecule has 0 saturated carbocycles. The van der Waals surface area contributed by atoms with Crippen molar-refractivity contribution in [2.24, 2.45) is 5.92 Å². The van der Waals surface area contributed by atoms with Gasteiger partial charge in [-0.3, -0.25) is 5.10 Å². The smallest absolute Gasteiger partial charge is 0.226 e. The lowest BCUT2D eigenvalue weighted by atomic mass is 10.2. The minimum absolute atomic E-state index is 0.583. The first-order chi connectivity index (χ1) is 9.15. The third-order valence-corrected chi connectivity index (χ3v) is 2.89. The van der Waals surface area contributed by atoms with Gasteiger partial charge in [0.25, 0.3) is 0 Å². The number of fused-ring (bicyclic) bond motifs is 1. The van der Waals surface area contributed by atoms with Crippen molar-refractivity contribution in [3.8, 4) is 0 Å². The predicted octanol–water partition coefficient (Wildman–Crippen LogP) is 2.27. The van der Waals surface area contributed by atoms with Gasteiger partial charge in [-0.2, -0.15) is 15.1 Å². The fourth-order valence-corrected chi connectivity index (χ4v) is 2.10. The molecule has 0 aliphatic carbocycles. The van der Waals surface area contributed by atoms with Crippen molar-refractivity contribution in [3.05, 3.63) is 6.20 Å². The van der Waals surface area contributed by atoms with E-state index in [2.05, 4.69) is 51.2 Å². The Kier molecular flexibility index (Phi) is 4.19. The van der Waals surface area contributed by atoms with Crippen LogP contribution in [0.25, 0.3) is 11.0 Å². The van der Waals surface area contributed by atoms with E-state index >= 15 is 0 Å². The van der Waals surface area contributed by atoms with Crippen LogP contribution in [0.4, 0.5) is 11.8 Å². The minimum Gasteiger partial charge on any atom is -0.356 e. The molecule has 0 fully saturated rings. The van der Waals surface area contributed by atoms with E-state index < -0.39 is 0 Å². The fourth-order valence-electron chi connectivity index (χ4n) is 2.10. The molecule has 2 N–H and O–H groups in total. The standard InChI is InChI=1S/C13H22N6/c1-5-14-13-16-11-10(7-15-18-11)12(17-13)19(6-2)8-9(3)4/h7,9H,5-6,8H2,1-4H3,(H2,14,15,16,17,18). The Balaban J connectivity index is 2.45. The quantitative estimate of drug-likeness (QED) is 0.835. The largest absolute Gasteiger partial charge is 0.356 e. The lowest BCUT2D eigenvalue weighted by molar-refractivity contribution is 0.615. The molecule has 0 bridgehead atoms. The molecule has 2 aromatic heterocycles. The molecule has 6 heteroatoms. The molecule has 0 aliphatic rings. The molecule has 0 spiro atoms. The van der Waals surface area contributed by atoms with Crippen LogP contribution in [-0.2, 0) is 0 Å². The summed E-state index contributed by atoms with van der Waals surface area (Å²) in [4.78, 5) is 11.3. The van der Waals surface area contributed by atoms with Crippen molar-refractivity contribution in [3.63, 3.8) is 0 Å². The second-order valence-electron chi connectivity index (χ2n) is 4.97. The van der Waals surface area contributed by atoms with Crippen LogP contribution >= 0.6 is 0 Å². The van der Waals surface area contributed by atoms with E-state index in [1.165, 1.54) is 0 Å². The molecule has 0 aliphatic heterocycles. The zero-order valence-corrected chi connectivity index (χ0v) is 12.1. The highest BCUT2D eigenvalue weighted by molar-refractivity contribution is 5.87. The van der Waals surface area contributed by atoms with E-state index in [9.17, 15) is 0 Å². The van der Waals surface area contributed by atoms with Crippen LogP contribution in [0.5, 0.6) is 0 Å². The summed E-state index contributed by atoms with van der Waals surface area (Å²) >= 11 is 0. The number of aromatic nitrogens is 4. The average Bonchev–Trinajstić information content (AvgIpc) is 2.83. The third kappa shape index (κ3) is 2.94. The van der Waals surface area contributed by atoms with Crippen LogP contribution in [0.2, 0.25) is 0 Å². The Bertz CT molecular complexity index is 533. The second-order valence-corrected chi connectivity index (χ2v) is 4.97. The number of nitrogens with zero attached hydrogens (tertiary/aromatic N) is 4. The van der Waals surface area contributed by atoms with Gasteiger partial charge in [0.05, 0.1) is 11.6 Å². The summed E-state index contributed by atoms with van der Waals surface area (Å²) in [5, 5.41) is 11.1. The molecule has 0 unspecified atom stereocenters.